The van der Waals surface area contributed by atoms with E-state index in [0.717, 1.165) is 12.1 Å². The Morgan fingerprint density at radius 1 is 0.857 bits per heavy atom. The second kappa shape index (κ2) is 12.9. The largest absolute Gasteiger partial charge is 0.489 e. The zero-order valence-corrected chi connectivity index (χ0v) is 20.0. The van der Waals surface area contributed by atoms with Gasteiger partial charge < -0.3 is 4.74 Å². The molecule has 3 rings (SSSR count). The van der Waals surface area contributed by atoms with Crippen LogP contribution in [0.3, 0.4) is 0 Å². The molecule has 0 atom stereocenters. The lowest BCUT2D eigenvalue weighted by Gasteiger charge is -2.16. The highest BCUT2D eigenvalue weighted by Crippen LogP contribution is 2.16. The molecule has 28 heavy (non-hydrogen) atoms. The fourth-order valence-corrected chi connectivity index (χ4v) is 2.79. The maximum absolute atomic E-state index is 12.6. The Labute approximate surface area is 190 Å². The number of rotatable bonds is 8. The monoisotopic (exact) mass is 599 g/mol. The molecule has 0 saturated carbocycles. The number of halogens is 2. The number of benzene rings is 3. The second-order valence-electron chi connectivity index (χ2n) is 6.38. The quantitative estimate of drug-likeness (QED) is 0.223. The van der Waals surface area contributed by atoms with Gasteiger partial charge in [0.05, 0.1) is 6.54 Å². The Hall–Kier alpha value is -1.45. The van der Waals surface area contributed by atoms with Crippen LogP contribution >= 0.6 is 37.2 Å². The van der Waals surface area contributed by atoms with Crippen LogP contribution in [-0.2, 0) is 13.2 Å². The molecule has 3 aromatic carbocycles. The normalized spacial score (nSPS) is 10.1. The van der Waals surface area contributed by atoms with Crippen LogP contribution in [0.1, 0.15) is 21.5 Å². The van der Waals surface area contributed by atoms with Gasteiger partial charge in [-0.25, -0.2) is 0 Å². The van der Waals surface area contributed by atoms with Crippen molar-refractivity contribution in [3.63, 3.8) is 0 Å². The average molecular weight is 599 g/mol. The molecule has 146 valence electrons. The molecular weight excluding hydrogens is 576 g/mol. The number of carbonyl (C=O) groups excluding carboxylic acids is 1. The van der Waals surface area contributed by atoms with E-state index in [2.05, 4.69) is 49.4 Å². The summed E-state index contributed by atoms with van der Waals surface area (Å²) in [6, 6.07) is 27.6. The summed E-state index contributed by atoms with van der Waals surface area (Å²) in [5, 5.41) is 0. The van der Waals surface area contributed by atoms with Crippen LogP contribution < -0.4 is 4.74 Å². The first kappa shape index (κ1) is 22.8. The highest BCUT2D eigenvalue weighted by molar-refractivity contribution is 15.0. The van der Waals surface area contributed by atoms with E-state index >= 15 is 0 Å². The zero-order chi connectivity index (χ0) is 20.2. The standard InChI is InChI=1S/C23H23NO2.I2/c1-24(16-19-9-4-2-5-10-19)17-23(25)21-13-8-14-22(15-21)26-18-20-11-6-3-7-12-20;1-2/h2-15H,16-18H2,1H3;. The van der Waals surface area contributed by atoms with E-state index in [9.17, 15) is 4.79 Å². The number of hydrogen-bond acceptors (Lipinski definition) is 3. The molecule has 3 nitrogen and oxygen atoms in total. The van der Waals surface area contributed by atoms with Gasteiger partial charge in [0.25, 0.3) is 0 Å². The van der Waals surface area contributed by atoms with E-state index in [1.54, 1.807) is 0 Å². The first-order chi connectivity index (χ1) is 13.7. The first-order valence-electron chi connectivity index (χ1n) is 8.87. The van der Waals surface area contributed by atoms with Gasteiger partial charge in [-0.15, -0.1) is 0 Å². The molecular formula is C23H23I2NO2. The number of hydrogen-bond donors (Lipinski definition) is 0. The van der Waals surface area contributed by atoms with Gasteiger partial charge in [-0.05, 0) is 30.3 Å². The van der Waals surface area contributed by atoms with Gasteiger partial charge in [0.1, 0.15) is 12.4 Å². The SMILES string of the molecule is CN(CC(=O)c1cccc(OCc2ccccc2)c1)Cc1ccccc1.II. The lowest BCUT2D eigenvalue weighted by Crippen LogP contribution is -2.25. The molecule has 0 aliphatic heterocycles. The summed E-state index contributed by atoms with van der Waals surface area (Å²) in [5.74, 6) is 0.805. The summed E-state index contributed by atoms with van der Waals surface area (Å²) < 4.78 is 5.82. The Morgan fingerprint density at radius 2 is 1.46 bits per heavy atom. The Bertz CT molecular complexity index is 841. The zero-order valence-electron chi connectivity index (χ0n) is 15.7. The predicted octanol–water partition coefficient (Wildman–Crippen LogP) is 6.35. The van der Waals surface area contributed by atoms with Crippen molar-refractivity contribution in [3.8, 4) is 5.75 Å². The number of nitrogens with zero attached hydrogens (tertiary/aromatic N) is 1. The van der Waals surface area contributed by atoms with E-state index in [-0.39, 0.29) is 5.78 Å². The molecule has 0 spiro atoms. The van der Waals surface area contributed by atoms with Gasteiger partial charge in [0.2, 0.25) is 0 Å². The average Bonchev–Trinajstić information content (AvgIpc) is 2.75. The van der Waals surface area contributed by atoms with Crippen molar-refractivity contribution in [2.45, 2.75) is 13.2 Å². The van der Waals surface area contributed by atoms with Crippen LogP contribution in [0.15, 0.2) is 84.9 Å². The van der Waals surface area contributed by atoms with Crippen LogP contribution in [0.2, 0.25) is 0 Å². The van der Waals surface area contributed by atoms with Crippen LogP contribution in [0.5, 0.6) is 5.75 Å². The maximum atomic E-state index is 12.6. The molecule has 0 heterocycles. The summed E-state index contributed by atoms with van der Waals surface area (Å²) in [6.45, 7) is 1.61. The summed E-state index contributed by atoms with van der Waals surface area (Å²) in [5.41, 5.74) is 2.98. The smallest absolute Gasteiger partial charge is 0.176 e. The Kier molecular flexibility index (Phi) is 10.5. The lowest BCUT2D eigenvalue weighted by molar-refractivity contribution is 0.0942. The van der Waals surface area contributed by atoms with E-state index in [1.807, 2.05) is 84.7 Å². The Morgan fingerprint density at radius 3 is 2.11 bits per heavy atom. The molecule has 0 unspecified atom stereocenters. The van der Waals surface area contributed by atoms with Crippen molar-refractivity contribution in [2.75, 3.05) is 13.6 Å². The summed E-state index contributed by atoms with van der Waals surface area (Å²) in [4.78, 5) is 14.6. The minimum atomic E-state index is 0.0913. The van der Waals surface area contributed by atoms with E-state index in [1.165, 1.54) is 5.56 Å². The minimum Gasteiger partial charge on any atom is -0.489 e. The van der Waals surface area contributed by atoms with E-state index in [0.29, 0.717) is 24.5 Å². The molecule has 0 N–H and O–H groups in total. The van der Waals surface area contributed by atoms with Crippen molar-refractivity contribution in [3.05, 3.63) is 102 Å². The van der Waals surface area contributed by atoms with Crippen LogP contribution in [-0.4, -0.2) is 24.3 Å². The third-order valence-corrected chi connectivity index (χ3v) is 4.11. The topological polar surface area (TPSA) is 29.5 Å². The number of likely N-dealkylation sites (N-methyl/N-ethyl adjacent to an activating group) is 1. The van der Waals surface area contributed by atoms with Gasteiger partial charge in [-0.3, -0.25) is 9.69 Å². The number of Topliss-reactive ketones (excluding diaryl/α,β-unsaturated/α-hetero) is 1. The molecule has 0 aliphatic carbocycles. The van der Waals surface area contributed by atoms with Crippen molar-refractivity contribution in [2.24, 2.45) is 0 Å². The number of ketones is 1. The molecule has 5 heteroatoms. The molecule has 0 radical (unpaired) electrons. The highest BCUT2D eigenvalue weighted by Gasteiger charge is 2.11. The fraction of sp³-hybridized carbons (Fsp3) is 0.174. The van der Waals surface area contributed by atoms with Crippen LogP contribution in [0, 0.1) is 0 Å². The van der Waals surface area contributed by atoms with Crippen molar-refractivity contribution in [1.29, 1.82) is 0 Å². The molecule has 0 fully saturated rings. The van der Waals surface area contributed by atoms with Gasteiger partial charge in [0, 0.05) is 49.3 Å². The maximum Gasteiger partial charge on any atom is 0.176 e. The third kappa shape index (κ3) is 7.89. The third-order valence-electron chi connectivity index (χ3n) is 4.11. The first-order valence-corrected chi connectivity index (χ1v) is 15.2. The summed E-state index contributed by atoms with van der Waals surface area (Å²) >= 11 is 4.24. The van der Waals surface area contributed by atoms with Crippen LogP contribution in [0.4, 0.5) is 0 Å². The van der Waals surface area contributed by atoms with Gasteiger partial charge in [0.15, 0.2) is 5.78 Å². The Balaban J connectivity index is 0.00000136. The number of ether oxygens (including phenoxy) is 1. The molecule has 0 aliphatic rings. The van der Waals surface area contributed by atoms with E-state index in [4.69, 9.17) is 4.74 Å². The van der Waals surface area contributed by atoms with Crippen molar-refractivity contribution < 1.29 is 9.53 Å². The number of carbonyl (C=O) groups is 1. The van der Waals surface area contributed by atoms with E-state index < -0.39 is 0 Å². The summed E-state index contributed by atoms with van der Waals surface area (Å²) in [7, 11) is 1.96. The molecule has 0 aromatic heterocycles. The fourth-order valence-electron chi connectivity index (χ4n) is 2.79. The van der Waals surface area contributed by atoms with Gasteiger partial charge >= 0.3 is 0 Å². The summed E-state index contributed by atoms with van der Waals surface area (Å²) in [6.07, 6.45) is 0. The molecule has 0 saturated heterocycles. The second-order valence-corrected chi connectivity index (χ2v) is 6.38. The van der Waals surface area contributed by atoms with Crippen LogP contribution in [0.25, 0.3) is 0 Å². The predicted molar refractivity (Wildman–Crippen MR) is 132 cm³/mol. The molecule has 3 aromatic rings. The highest BCUT2D eigenvalue weighted by atomic mass is 128. The van der Waals surface area contributed by atoms with Crippen molar-refractivity contribution in [1.82, 2.24) is 4.90 Å². The minimum absolute atomic E-state index is 0.0913. The molecule has 0 amide bonds. The lowest BCUT2D eigenvalue weighted by atomic mass is 10.1. The van der Waals surface area contributed by atoms with Gasteiger partial charge in [-0.1, -0.05) is 72.8 Å². The van der Waals surface area contributed by atoms with Gasteiger partial charge in [-0.2, -0.15) is 0 Å². The molecule has 0 bridgehead atoms. The van der Waals surface area contributed by atoms with Crippen molar-refractivity contribution >= 4 is 43.0 Å².